The van der Waals surface area contributed by atoms with E-state index in [1.165, 1.54) is 19.1 Å². The number of rotatable bonds is 8. The van der Waals surface area contributed by atoms with Crippen LogP contribution in [0.2, 0.25) is 0 Å². The van der Waals surface area contributed by atoms with Gasteiger partial charge < -0.3 is 10.2 Å². The summed E-state index contributed by atoms with van der Waals surface area (Å²) in [5, 5.41) is 18.5. The highest BCUT2D eigenvalue weighted by Crippen LogP contribution is 2.34. The van der Waals surface area contributed by atoms with Crippen molar-refractivity contribution in [2.45, 2.75) is 31.9 Å². The lowest BCUT2D eigenvalue weighted by Crippen LogP contribution is -2.32. The minimum Gasteiger partial charge on any atom is -0.481 e. The summed E-state index contributed by atoms with van der Waals surface area (Å²) in [6.07, 6.45) is 0.423. The molecule has 8 heteroatoms. The van der Waals surface area contributed by atoms with Crippen molar-refractivity contribution in [1.82, 2.24) is 0 Å². The van der Waals surface area contributed by atoms with Crippen LogP contribution in [-0.4, -0.2) is 35.1 Å². The largest absolute Gasteiger partial charge is 0.481 e. The van der Waals surface area contributed by atoms with Gasteiger partial charge in [-0.2, -0.15) is 8.42 Å². The fourth-order valence-electron chi connectivity index (χ4n) is 2.66. The molecule has 0 radical (unpaired) electrons. The van der Waals surface area contributed by atoms with E-state index in [9.17, 15) is 23.1 Å². The first-order chi connectivity index (χ1) is 10.6. The molecule has 0 aliphatic carbocycles. The highest BCUT2D eigenvalue weighted by molar-refractivity contribution is 7.85. The molecule has 3 atom stereocenters. The predicted molar refractivity (Wildman–Crippen MR) is 82.7 cm³/mol. The minimum atomic E-state index is -4.14. The van der Waals surface area contributed by atoms with Gasteiger partial charge in [-0.05, 0) is 23.5 Å². The molecule has 23 heavy (non-hydrogen) atoms. The molecule has 0 saturated heterocycles. The third kappa shape index (κ3) is 5.33. The van der Waals surface area contributed by atoms with E-state index in [1.54, 1.807) is 19.1 Å². The Morgan fingerprint density at radius 2 is 1.61 bits per heavy atom. The number of carboxylic acid groups (broad SMARTS) is 2. The lowest BCUT2D eigenvalue weighted by atomic mass is 9.77. The van der Waals surface area contributed by atoms with Gasteiger partial charge in [0.15, 0.2) is 0 Å². The van der Waals surface area contributed by atoms with E-state index >= 15 is 0 Å². The van der Waals surface area contributed by atoms with Gasteiger partial charge >= 0.3 is 11.9 Å². The van der Waals surface area contributed by atoms with Crippen molar-refractivity contribution in [3.05, 3.63) is 35.4 Å². The van der Waals surface area contributed by atoms with E-state index in [-0.39, 0.29) is 0 Å². The summed E-state index contributed by atoms with van der Waals surface area (Å²) in [5.41, 5.74) is 0.983. The molecule has 7 nitrogen and oxygen atoms in total. The summed E-state index contributed by atoms with van der Waals surface area (Å²) in [5.74, 6) is -5.57. The maximum atomic E-state index is 11.5. The van der Waals surface area contributed by atoms with Crippen LogP contribution in [0.15, 0.2) is 24.3 Å². The zero-order valence-corrected chi connectivity index (χ0v) is 13.7. The highest BCUT2D eigenvalue weighted by atomic mass is 32.2. The Balaban J connectivity index is 3.13. The van der Waals surface area contributed by atoms with Gasteiger partial charge in [-0.25, -0.2) is 0 Å². The molecule has 128 valence electrons. The normalized spacial score (nSPS) is 15.6. The fraction of sp³-hybridized carbons (Fsp3) is 0.467. The number of carboxylic acids is 2. The molecule has 3 unspecified atom stereocenters. The van der Waals surface area contributed by atoms with Crippen LogP contribution in [0.1, 0.15) is 37.3 Å². The van der Waals surface area contributed by atoms with Crippen molar-refractivity contribution in [3.8, 4) is 0 Å². The van der Waals surface area contributed by atoms with Gasteiger partial charge in [0.2, 0.25) is 0 Å². The lowest BCUT2D eigenvalue weighted by molar-refractivity contribution is -0.154. The highest BCUT2D eigenvalue weighted by Gasteiger charge is 2.36. The van der Waals surface area contributed by atoms with Crippen molar-refractivity contribution < 1.29 is 32.8 Å². The average molecular weight is 344 g/mol. The molecule has 1 aromatic carbocycles. The van der Waals surface area contributed by atoms with Crippen LogP contribution in [-0.2, 0) is 25.5 Å². The second-order valence-electron chi connectivity index (χ2n) is 5.47. The summed E-state index contributed by atoms with van der Waals surface area (Å²) in [6, 6.07) is 6.10. The number of benzene rings is 1. The van der Waals surface area contributed by atoms with Gasteiger partial charge in [0.05, 0.1) is 11.8 Å². The van der Waals surface area contributed by atoms with Gasteiger partial charge in [0.25, 0.3) is 10.1 Å². The summed E-state index contributed by atoms with van der Waals surface area (Å²) < 4.78 is 30.5. The second-order valence-corrected chi connectivity index (χ2v) is 6.93. The van der Waals surface area contributed by atoms with Crippen LogP contribution >= 0.6 is 0 Å². The number of aliphatic carboxylic acids is 2. The first-order valence-corrected chi connectivity index (χ1v) is 8.67. The summed E-state index contributed by atoms with van der Waals surface area (Å²) in [7, 11) is -4.14. The predicted octanol–water partition coefficient (Wildman–Crippen LogP) is 1.99. The smallest absolute Gasteiger partial charge is 0.307 e. The number of hydrogen-bond acceptors (Lipinski definition) is 4. The molecule has 3 N–H and O–H groups in total. The molecule has 0 aromatic heterocycles. The number of carbonyl (C=O) groups is 2. The van der Waals surface area contributed by atoms with Crippen molar-refractivity contribution in [2.75, 3.05) is 0 Å². The molecule has 0 aliphatic heterocycles. The van der Waals surface area contributed by atoms with Crippen LogP contribution in [0.25, 0.3) is 0 Å². The Morgan fingerprint density at radius 1 is 1.09 bits per heavy atom. The topological polar surface area (TPSA) is 129 Å². The van der Waals surface area contributed by atoms with Gasteiger partial charge in [-0.15, -0.1) is 0 Å². The fourth-order valence-corrected chi connectivity index (χ4v) is 3.27. The third-order valence-corrected chi connectivity index (χ3v) is 4.54. The SMILES string of the molecule is CCC(c1ccc(CS(=O)(=O)O)cc1)C(C(=O)O)C(C)C(=O)O. The zero-order chi connectivity index (χ0) is 17.8. The second kappa shape index (κ2) is 7.56. The Bertz CT molecular complexity index is 664. The standard InChI is InChI=1S/C15H20O7S/c1-3-12(13(15(18)19)9(2)14(16)17)11-6-4-10(5-7-11)8-23(20,21)22/h4-7,9,12-13H,3,8H2,1-2H3,(H,16,17)(H,18,19)(H,20,21,22). The Labute approximate surface area is 134 Å². The van der Waals surface area contributed by atoms with Gasteiger partial charge in [0, 0.05) is 0 Å². The molecule has 0 bridgehead atoms. The molecular weight excluding hydrogens is 324 g/mol. The monoisotopic (exact) mass is 344 g/mol. The average Bonchev–Trinajstić information content (AvgIpc) is 2.42. The summed E-state index contributed by atoms with van der Waals surface area (Å²) >= 11 is 0. The van der Waals surface area contributed by atoms with E-state index in [4.69, 9.17) is 9.66 Å². The van der Waals surface area contributed by atoms with Crippen molar-refractivity contribution >= 4 is 22.1 Å². The van der Waals surface area contributed by atoms with Gasteiger partial charge in [0.1, 0.15) is 5.75 Å². The molecular formula is C15H20O7S. The van der Waals surface area contributed by atoms with E-state index in [2.05, 4.69) is 0 Å². The Hall–Kier alpha value is -1.93. The molecule has 1 rings (SSSR count). The molecule has 0 amide bonds. The zero-order valence-electron chi connectivity index (χ0n) is 12.8. The Kier molecular flexibility index (Phi) is 6.28. The van der Waals surface area contributed by atoms with E-state index in [0.717, 1.165) is 0 Å². The maximum absolute atomic E-state index is 11.5. The molecule has 0 aliphatic rings. The molecule has 0 heterocycles. The van der Waals surface area contributed by atoms with Crippen LogP contribution in [0.3, 0.4) is 0 Å². The first-order valence-electron chi connectivity index (χ1n) is 7.06. The summed E-state index contributed by atoms with van der Waals surface area (Å²) in [6.45, 7) is 3.12. The third-order valence-electron chi connectivity index (χ3n) is 3.84. The molecule has 0 spiro atoms. The van der Waals surface area contributed by atoms with Crippen LogP contribution in [0.5, 0.6) is 0 Å². The molecule has 1 aromatic rings. The van der Waals surface area contributed by atoms with Gasteiger partial charge in [-0.1, -0.05) is 38.1 Å². The minimum absolute atomic E-state index is 0.365. The van der Waals surface area contributed by atoms with Crippen LogP contribution in [0.4, 0.5) is 0 Å². The molecule has 0 saturated carbocycles. The van der Waals surface area contributed by atoms with Crippen LogP contribution < -0.4 is 0 Å². The van der Waals surface area contributed by atoms with Gasteiger partial charge in [-0.3, -0.25) is 14.1 Å². The molecule has 0 fully saturated rings. The van der Waals surface area contributed by atoms with E-state index < -0.39 is 45.6 Å². The van der Waals surface area contributed by atoms with Crippen LogP contribution in [0, 0.1) is 11.8 Å². The van der Waals surface area contributed by atoms with E-state index in [0.29, 0.717) is 17.5 Å². The number of hydrogen-bond donors (Lipinski definition) is 3. The van der Waals surface area contributed by atoms with Crippen molar-refractivity contribution in [2.24, 2.45) is 11.8 Å². The quantitative estimate of drug-likeness (QED) is 0.615. The Morgan fingerprint density at radius 3 is 1.96 bits per heavy atom. The van der Waals surface area contributed by atoms with E-state index in [1.807, 2.05) is 0 Å². The maximum Gasteiger partial charge on any atom is 0.307 e. The first kappa shape index (κ1) is 19.1. The summed E-state index contributed by atoms with van der Waals surface area (Å²) in [4.78, 5) is 22.6. The lowest BCUT2D eigenvalue weighted by Gasteiger charge is -2.26. The van der Waals surface area contributed by atoms with Crippen molar-refractivity contribution in [1.29, 1.82) is 0 Å². The van der Waals surface area contributed by atoms with Crippen molar-refractivity contribution in [3.63, 3.8) is 0 Å².